The van der Waals surface area contributed by atoms with Crippen molar-refractivity contribution >= 4 is 6.09 Å². The summed E-state index contributed by atoms with van der Waals surface area (Å²) in [5.74, 6) is 0. The molecular weight excluding hydrogens is 134 g/mol. The second-order valence-corrected chi connectivity index (χ2v) is 2.74. The van der Waals surface area contributed by atoms with Gasteiger partial charge >= 0.3 is 6.09 Å². The average molecular weight is 145 g/mol. The van der Waals surface area contributed by atoms with E-state index in [4.69, 9.17) is 5.11 Å². The van der Waals surface area contributed by atoms with Gasteiger partial charge in [0, 0.05) is 6.54 Å². The first-order valence-electron chi connectivity index (χ1n) is 3.32. The molecule has 0 spiro atoms. The molecule has 0 heterocycles. The fourth-order valence-corrected chi connectivity index (χ4v) is 1.00. The summed E-state index contributed by atoms with van der Waals surface area (Å²) in [4.78, 5) is 9.96. The van der Waals surface area contributed by atoms with Gasteiger partial charge in [-0.3, -0.25) is 0 Å². The monoisotopic (exact) mass is 145 g/mol. The summed E-state index contributed by atoms with van der Waals surface area (Å²) < 4.78 is 0. The SMILES string of the molecule is O=C(O)NCC1(O)CCC1. The lowest BCUT2D eigenvalue weighted by molar-refractivity contribution is -0.0301. The van der Waals surface area contributed by atoms with Crippen molar-refractivity contribution in [1.82, 2.24) is 5.32 Å². The van der Waals surface area contributed by atoms with Crippen LogP contribution in [0.15, 0.2) is 0 Å². The van der Waals surface area contributed by atoms with Crippen molar-refractivity contribution in [3.8, 4) is 0 Å². The van der Waals surface area contributed by atoms with Gasteiger partial charge in [-0.1, -0.05) is 0 Å². The predicted octanol–water partition coefficient (Wildman–Crippen LogP) is 0.169. The molecular formula is C6H11NO3. The molecule has 0 aliphatic heterocycles. The minimum Gasteiger partial charge on any atom is -0.465 e. The summed E-state index contributed by atoms with van der Waals surface area (Å²) in [5.41, 5.74) is -0.738. The van der Waals surface area contributed by atoms with Gasteiger partial charge in [0.05, 0.1) is 5.60 Å². The third kappa shape index (κ3) is 1.60. The minimum atomic E-state index is -1.07. The van der Waals surface area contributed by atoms with Crippen molar-refractivity contribution < 1.29 is 15.0 Å². The second kappa shape index (κ2) is 2.46. The lowest BCUT2D eigenvalue weighted by Gasteiger charge is -2.36. The first-order chi connectivity index (χ1) is 4.62. The molecule has 4 heteroatoms. The maximum atomic E-state index is 9.96. The standard InChI is InChI=1S/C6H11NO3/c8-5(9)7-4-6(10)2-1-3-6/h7,10H,1-4H2,(H,8,9). The fraction of sp³-hybridized carbons (Fsp3) is 0.833. The van der Waals surface area contributed by atoms with E-state index in [0.29, 0.717) is 12.8 Å². The molecule has 1 saturated carbocycles. The number of rotatable bonds is 2. The van der Waals surface area contributed by atoms with E-state index in [1.54, 1.807) is 0 Å². The summed E-state index contributed by atoms with van der Waals surface area (Å²) >= 11 is 0. The summed E-state index contributed by atoms with van der Waals surface area (Å²) in [7, 11) is 0. The van der Waals surface area contributed by atoms with Crippen LogP contribution in [0.5, 0.6) is 0 Å². The maximum absolute atomic E-state index is 9.96. The lowest BCUT2D eigenvalue weighted by Crippen LogP contribution is -2.47. The van der Waals surface area contributed by atoms with Crippen molar-refractivity contribution in [3.63, 3.8) is 0 Å². The predicted molar refractivity (Wildman–Crippen MR) is 34.8 cm³/mol. The number of carbonyl (C=O) groups is 1. The highest BCUT2D eigenvalue weighted by molar-refractivity contribution is 5.64. The molecule has 1 amide bonds. The zero-order valence-corrected chi connectivity index (χ0v) is 5.63. The lowest BCUT2D eigenvalue weighted by atomic mass is 9.80. The number of hydrogen-bond acceptors (Lipinski definition) is 2. The molecule has 0 bridgehead atoms. The molecule has 0 aromatic carbocycles. The van der Waals surface area contributed by atoms with Crippen LogP contribution in [-0.4, -0.2) is 28.5 Å². The van der Waals surface area contributed by atoms with Crippen LogP contribution < -0.4 is 5.32 Å². The van der Waals surface area contributed by atoms with Crippen LogP contribution in [-0.2, 0) is 0 Å². The molecule has 10 heavy (non-hydrogen) atoms. The molecule has 4 nitrogen and oxygen atoms in total. The van der Waals surface area contributed by atoms with E-state index in [-0.39, 0.29) is 6.54 Å². The van der Waals surface area contributed by atoms with E-state index in [9.17, 15) is 9.90 Å². The van der Waals surface area contributed by atoms with Crippen molar-refractivity contribution in [2.75, 3.05) is 6.54 Å². The summed E-state index contributed by atoms with van der Waals surface area (Å²) in [6.07, 6.45) is 1.36. The summed E-state index contributed by atoms with van der Waals surface area (Å²) in [6, 6.07) is 0. The van der Waals surface area contributed by atoms with Gasteiger partial charge in [-0.15, -0.1) is 0 Å². The molecule has 3 N–H and O–H groups in total. The van der Waals surface area contributed by atoms with E-state index in [2.05, 4.69) is 5.32 Å². The number of hydrogen-bond donors (Lipinski definition) is 3. The topological polar surface area (TPSA) is 69.6 Å². The molecule has 0 saturated heterocycles. The Balaban J connectivity index is 2.18. The molecule has 0 unspecified atom stereocenters. The Bertz CT molecular complexity index is 142. The molecule has 0 radical (unpaired) electrons. The highest BCUT2D eigenvalue weighted by Crippen LogP contribution is 2.30. The highest BCUT2D eigenvalue weighted by atomic mass is 16.4. The van der Waals surface area contributed by atoms with Gasteiger partial charge in [-0.05, 0) is 19.3 Å². The smallest absolute Gasteiger partial charge is 0.404 e. The molecule has 0 aromatic heterocycles. The Morgan fingerprint density at radius 2 is 2.20 bits per heavy atom. The Kier molecular flexibility index (Phi) is 1.80. The van der Waals surface area contributed by atoms with E-state index < -0.39 is 11.7 Å². The van der Waals surface area contributed by atoms with Crippen molar-refractivity contribution in [1.29, 1.82) is 0 Å². The van der Waals surface area contributed by atoms with Crippen LogP contribution in [0.2, 0.25) is 0 Å². The molecule has 0 atom stereocenters. The normalized spacial score (nSPS) is 21.3. The van der Waals surface area contributed by atoms with Gasteiger partial charge in [0.1, 0.15) is 0 Å². The van der Waals surface area contributed by atoms with Crippen molar-refractivity contribution in [3.05, 3.63) is 0 Å². The Labute approximate surface area is 58.9 Å². The number of aliphatic hydroxyl groups is 1. The van der Waals surface area contributed by atoms with Gasteiger partial charge in [0.2, 0.25) is 0 Å². The first-order valence-corrected chi connectivity index (χ1v) is 3.32. The number of carboxylic acid groups (broad SMARTS) is 1. The van der Waals surface area contributed by atoms with E-state index in [1.165, 1.54) is 0 Å². The number of nitrogens with one attached hydrogen (secondary N) is 1. The Morgan fingerprint density at radius 3 is 2.50 bits per heavy atom. The van der Waals surface area contributed by atoms with Crippen LogP contribution in [0.3, 0.4) is 0 Å². The largest absolute Gasteiger partial charge is 0.465 e. The second-order valence-electron chi connectivity index (χ2n) is 2.74. The minimum absolute atomic E-state index is 0.169. The number of amides is 1. The van der Waals surface area contributed by atoms with Gasteiger partial charge in [0.25, 0.3) is 0 Å². The van der Waals surface area contributed by atoms with Crippen LogP contribution in [0.4, 0.5) is 4.79 Å². The third-order valence-electron chi connectivity index (χ3n) is 1.85. The third-order valence-corrected chi connectivity index (χ3v) is 1.85. The molecule has 1 aliphatic carbocycles. The Morgan fingerprint density at radius 1 is 1.60 bits per heavy atom. The first kappa shape index (κ1) is 7.34. The van der Waals surface area contributed by atoms with E-state index in [1.807, 2.05) is 0 Å². The van der Waals surface area contributed by atoms with E-state index >= 15 is 0 Å². The van der Waals surface area contributed by atoms with Crippen molar-refractivity contribution in [2.24, 2.45) is 0 Å². The average Bonchev–Trinajstić information content (AvgIpc) is 1.79. The Hall–Kier alpha value is -0.770. The zero-order valence-electron chi connectivity index (χ0n) is 5.63. The molecule has 1 rings (SSSR count). The highest BCUT2D eigenvalue weighted by Gasteiger charge is 2.34. The maximum Gasteiger partial charge on any atom is 0.404 e. The van der Waals surface area contributed by atoms with Crippen LogP contribution in [0.1, 0.15) is 19.3 Å². The summed E-state index contributed by atoms with van der Waals surface area (Å²) in [6.45, 7) is 0.169. The molecule has 1 fully saturated rings. The van der Waals surface area contributed by atoms with Gasteiger partial charge in [-0.25, -0.2) is 4.79 Å². The molecule has 0 aromatic rings. The fourth-order valence-electron chi connectivity index (χ4n) is 1.00. The zero-order chi connectivity index (χ0) is 7.61. The van der Waals surface area contributed by atoms with Crippen LogP contribution in [0.25, 0.3) is 0 Å². The van der Waals surface area contributed by atoms with E-state index in [0.717, 1.165) is 6.42 Å². The van der Waals surface area contributed by atoms with Crippen LogP contribution in [0, 0.1) is 0 Å². The molecule has 1 aliphatic rings. The van der Waals surface area contributed by atoms with Gasteiger partial charge in [-0.2, -0.15) is 0 Å². The quantitative estimate of drug-likeness (QED) is 0.518. The van der Waals surface area contributed by atoms with Gasteiger partial charge in [0.15, 0.2) is 0 Å². The molecule has 58 valence electrons. The van der Waals surface area contributed by atoms with Crippen LogP contribution >= 0.6 is 0 Å². The van der Waals surface area contributed by atoms with Gasteiger partial charge < -0.3 is 15.5 Å². The van der Waals surface area contributed by atoms with Crippen molar-refractivity contribution in [2.45, 2.75) is 24.9 Å². The summed E-state index contributed by atoms with van der Waals surface area (Å²) in [5, 5.41) is 19.7.